The molecule has 2 aromatic rings. The smallest absolute Gasteiger partial charge is 0.507 e. The molecule has 0 saturated heterocycles. The third-order valence-electron chi connectivity index (χ3n) is 4.50. The number of aliphatic hydroxyl groups excluding tert-OH is 1. The van der Waals surface area contributed by atoms with Gasteiger partial charge in [0.15, 0.2) is 0 Å². The lowest BCUT2D eigenvalue weighted by Gasteiger charge is -2.18. The molecule has 1 aliphatic rings. The Hall–Kier alpha value is -2.69. The van der Waals surface area contributed by atoms with Gasteiger partial charge in [0.1, 0.15) is 5.76 Å². The van der Waals surface area contributed by atoms with E-state index >= 15 is 4.32 Å². The Morgan fingerprint density at radius 3 is 2.40 bits per heavy atom. The van der Waals surface area contributed by atoms with Crippen molar-refractivity contribution in [3.8, 4) is 0 Å². The monoisotopic (exact) mass is 336 g/mol. The average Bonchev–Trinajstić information content (AvgIpc) is 2.84. The Balaban J connectivity index is 2.38. The summed E-state index contributed by atoms with van der Waals surface area (Å²) in [6, 6.07) is 9.76. The van der Waals surface area contributed by atoms with Gasteiger partial charge in [-0.1, -0.05) is 36.4 Å². The summed E-state index contributed by atoms with van der Waals surface area (Å²) < 4.78 is 16.6. The maximum absolute atomic E-state index is 15.0. The molecule has 3 nitrogen and oxygen atoms in total. The van der Waals surface area contributed by atoms with E-state index in [4.69, 9.17) is 0 Å². The van der Waals surface area contributed by atoms with Gasteiger partial charge in [-0.15, -0.1) is 0 Å². The summed E-state index contributed by atoms with van der Waals surface area (Å²) in [6.07, 6.45) is 1.66. The fourth-order valence-electron chi connectivity index (χ4n) is 3.32. The van der Waals surface area contributed by atoms with Crippen molar-refractivity contribution in [2.75, 3.05) is 0 Å². The SMILES string of the molecule is C=C1/C=C(/C)NB(F)n2c(C)cc(C)c2/C(c2ccc(C)cc2)=C/1O. The van der Waals surface area contributed by atoms with Crippen LogP contribution in [-0.4, -0.2) is 16.8 Å². The quantitative estimate of drug-likeness (QED) is 0.747. The number of allylic oxidation sites excluding steroid dienone is 2. The zero-order chi connectivity index (χ0) is 18.3. The van der Waals surface area contributed by atoms with Crippen LogP contribution >= 0.6 is 0 Å². The molecule has 2 heterocycles. The summed E-state index contributed by atoms with van der Waals surface area (Å²) in [7, 11) is -1.43. The predicted octanol–water partition coefficient (Wildman–Crippen LogP) is 4.60. The van der Waals surface area contributed by atoms with E-state index in [0.29, 0.717) is 22.5 Å². The standard InChI is InChI=1S/C20H22BFN2O/c1-12-6-8-17(9-7-12)18-19-13(2)11-16(5)24(19)21(22)23-15(4)10-14(3)20(18)25/h6-11,23,25H,3H2,1-2,4-5H3/b15-10-,20-18-. The van der Waals surface area contributed by atoms with Gasteiger partial charge >= 0.3 is 7.26 Å². The highest BCUT2D eigenvalue weighted by Gasteiger charge is 2.29. The lowest BCUT2D eigenvalue weighted by Crippen LogP contribution is -2.37. The number of aliphatic hydroxyl groups is 1. The van der Waals surface area contributed by atoms with Crippen molar-refractivity contribution in [1.82, 2.24) is 9.71 Å². The van der Waals surface area contributed by atoms with E-state index in [-0.39, 0.29) is 5.76 Å². The normalized spacial score (nSPS) is 20.1. The summed E-state index contributed by atoms with van der Waals surface area (Å²) in [5.74, 6) is 0.0570. The molecule has 0 fully saturated rings. The van der Waals surface area contributed by atoms with Crippen LogP contribution in [0.2, 0.25) is 0 Å². The second-order valence-corrected chi connectivity index (χ2v) is 6.61. The first-order valence-electron chi connectivity index (χ1n) is 8.27. The van der Waals surface area contributed by atoms with E-state index in [0.717, 1.165) is 22.4 Å². The fourth-order valence-corrected chi connectivity index (χ4v) is 3.32. The van der Waals surface area contributed by atoms with Crippen molar-refractivity contribution < 1.29 is 9.42 Å². The van der Waals surface area contributed by atoms with Crippen molar-refractivity contribution in [3.05, 3.63) is 88.1 Å². The molecule has 3 rings (SSSR count). The number of rotatable bonds is 1. The highest BCUT2D eigenvalue weighted by molar-refractivity contribution is 6.47. The number of hydrogen-bond donors (Lipinski definition) is 2. The van der Waals surface area contributed by atoms with E-state index in [2.05, 4.69) is 11.8 Å². The molecule has 0 saturated carbocycles. The Kier molecular flexibility index (Phi) is 4.33. The largest absolute Gasteiger partial charge is 0.589 e. The first-order valence-corrected chi connectivity index (χ1v) is 8.27. The Bertz CT molecular complexity index is 907. The summed E-state index contributed by atoms with van der Waals surface area (Å²) in [6.45, 7) is 11.5. The van der Waals surface area contributed by atoms with Gasteiger partial charge in [-0.3, -0.25) is 4.32 Å². The number of hydrogen-bond acceptors (Lipinski definition) is 2. The number of aryl methyl sites for hydroxylation is 3. The molecule has 5 heteroatoms. The predicted molar refractivity (Wildman–Crippen MR) is 102 cm³/mol. The van der Waals surface area contributed by atoms with Crippen LogP contribution in [0.4, 0.5) is 4.32 Å². The molecule has 2 N–H and O–H groups in total. The second kappa shape index (κ2) is 6.32. The maximum atomic E-state index is 15.0. The minimum Gasteiger partial charge on any atom is -0.507 e. The molecule has 1 aliphatic heterocycles. The average molecular weight is 336 g/mol. The highest BCUT2D eigenvalue weighted by atomic mass is 19.1. The molecule has 0 spiro atoms. The van der Waals surface area contributed by atoms with Gasteiger partial charge < -0.3 is 14.8 Å². The zero-order valence-corrected chi connectivity index (χ0v) is 15.0. The van der Waals surface area contributed by atoms with Gasteiger partial charge in [-0.2, -0.15) is 0 Å². The lowest BCUT2D eigenvalue weighted by molar-refractivity contribution is 0.429. The van der Waals surface area contributed by atoms with Crippen LogP contribution in [0.25, 0.3) is 5.57 Å². The van der Waals surface area contributed by atoms with Crippen molar-refractivity contribution in [3.63, 3.8) is 0 Å². The molecule has 25 heavy (non-hydrogen) atoms. The first kappa shape index (κ1) is 17.1. The second-order valence-electron chi connectivity index (χ2n) is 6.61. The van der Waals surface area contributed by atoms with E-state index in [1.54, 1.807) is 17.5 Å². The Labute approximate surface area is 148 Å². The number of benzene rings is 1. The van der Waals surface area contributed by atoms with Crippen LogP contribution in [-0.2, 0) is 0 Å². The number of nitrogens with zero attached hydrogens (tertiary/aromatic N) is 1. The molecular weight excluding hydrogens is 314 g/mol. The van der Waals surface area contributed by atoms with E-state index in [1.165, 1.54) is 0 Å². The van der Waals surface area contributed by atoms with Gasteiger partial charge in [0.2, 0.25) is 0 Å². The van der Waals surface area contributed by atoms with Crippen LogP contribution < -0.4 is 5.23 Å². The molecule has 0 aliphatic carbocycles. The maximum Gasteiger partial charge on any atom is 0.589 e. The van der Waals surface area contributed by atoms with Gasteiger partial charge in [0, 0.05) is 22.5 Å². The van der Waals surface area contributed by atoms with Crippen LogP contribution in [0.3, 0.4) is 0 Å². The van der Waals surface area contributed by atoms with Gasteiger partial charge in [-0.25, -0.2) is 0 Å². The number of fused-ring (bicyclic) bond motifs is 1. The summed E-state index contributed by atoms with van der Waals surface area (Å²) in [5, 5.41) is 13.8. The molecule has 0 amide bonds. The molecule has 0 radical (unpaired) electrons. The van der Waals surface area contributed by atoms with Gasteiger partial charge in [0.25, 0.3) is 0 Å². The number of aromatic nitrogens is 1. The van der Waals surface area contributed by atoms with E-state index in [9.17, 15) is 5.11 Å². The van der Waals surface area contributed by atoms with Gasteiger partial charge in [-0.05, 0) is 56.7 Å². The summed E-state index contributed by atoms with van der Waals surface area (Å²) in [5.41, 5.74) is 5.92. The summed E-state index contributed by atoms with van der Waals surface area (Å²) in [4.78, 5) is 0. The zero-order valence-electron chi connectivity index (χ0n) is 15.0. The van der Waals surface area contributed by atoms with Crippen molar-refractivity contribution in [2.45, 2.75) is 27.7 Å². The Morgan fingerprint density at radius 2 is 1.76 bits per heavy atom. The highest BCUT2D eigenvalue weighted by Crippen LogP contribution is 2.34. The van der Waals surface area contributed by atoms with Crippen LogP contribution in [0.15, 0.2) is 60.0 Å². The van der Waals surface area contributed by atoms with E-state index < -0.39 is 7.26 Å². The molecular formula is C20H22BFN2O. The lowest BCUT2D eigenvalue weighted by atomic mass is 9.94. The van der Waals surface area contributed by atoms with Crippen LogP contribution in [0, 0.1) is 20.8 Å². The van der Waals surface area contributed by atoms with Crippen molar-refractivity contribution in [2.24, 2.45) is 0 Å². The number of nitrogens with one attached hydrogen (secondary N) is 1. The molecule has 1 aromatic carbocycles. The summed E-state index contributed by atoms with van der Waals surface area (Å²) >= 11 is 0. The third kappa shape index (κ3) is 3.02. The van der Waals surface area contributed by atoms with Gasteiger partial charge in [0.05, 0.1) is 0 Å². The molecule has 0 atom stereocenters. The Morgan fingerprint density at radius 1 is 1.12 bits per heavy atom. The molecule has 1 aromatic heterocycles. The molecule has 128 valence electrons. The minimum atomic E-state index is -1.43. The minimum absolute atomic E-state index is 0.0570. The number of halogens is 1. The topological polar surface area (TPSA) is 37.2 Å². The van der Waals surface area contributed by atoms with Crippen LogP contribution in [0.5, 0.6) is 0 Å². The van der Waals surface area contributed by atoms with Crippen LogP contribution in [0.1, 0.15) is 35.0 Å². The molecule has 0 bridgehead atoms. The van der Waals surface area contributed by atoms with E-state index in [1.807, 2.05) is 51.1 Å². The van der Waals surface area contributed by atoms with Crippen molar-refractivity contribution in [1.29, 1.82) is 0 Å². The van der Waals surface area contributed by atoms with Crippen molar-refractivity contribution >= 4 is 12.8 Å². The third-order valence-corrected chi connectivity index (χ3v) is 4.50. The first-order chi connectivity index (χ1) is 11.8. The fraction of sp³-hybridized carbons (Fsp3) is 0.200. The molecule has 0 unspecified atom stereocenters.